The summed E-state index contributed by atoms with van der Waals surface area (Å²) >= 11 is 0. The Labute approximate surface area is 120 Å². The van der Waals surface area contributed by atoms with Crippen molar-refractivity contribution in [1.29, 1.82) is 0 Å². The molecule has 0 spiro atoms. The molecule has 0 fully saturated rings. The van der Waals surface area contributed by atoms with Gasteiger partial charge in [0, 0.05) is 24.8 Å². The third-order valence-electron chi connectivity index (χ3n) is 3.10. The predicted octanol–water partition coefficient (Wildman–Crippen LogP) is 2.84. The van der Waals surface area contributed by atoms with Gasteiger partial charge in [0.05, 0.1) is 5.69 Å². The highest BCUT2D eigenvalue weighted by atomic mass is 16.5. The van der Waals surface area contributed by atoms with Crippen LogP contribution in [0.2, 0.25) is 0 Å². The standard InChI is InChI=1S/C16H23N3O/c1-12(2)10-13(17)11-20-16-7-5-4-6-14(16)15-8-9-19(3)18-15/h4-9,12-13H,10-11,17H2,1-3H3/t13-/m0/s1. The summed E-state index contributed by atoms with van der Waals surface area (Å²) in [6.45, 7) is 4.87. The first-order valence-electron chi connectivity index (χ1n) is 7.03. The summed E-state index contributed by atoms with van der Waals surface area (Å²) in [5.74, 6) is 1.42. The molecule has 0 amide bonds. The fraction of sp³-hybridized carbons (Fsp3) is 0.438. The lowest BCUT2D eigenvalue weighted by atomic mass is 10.1. The average molecular weight is 273 g/mol. The summed E-state index contributed by atoms with van der Waals surface area (Å²) in [5, 5.41) is 4.42. The summed E-state index contributed by atoms with van der Waals surface area (Å²) in [4.78, 5) is 0. The second-order valence-corrected chi connectivity index (χ2v) is 5.57. The van der Waals surface area contributed by atoms with Crippen LogP contribution >= 0.6 is 0 Å². The molecule has 0 radical (unpaired) electrons. The largest absolute Gasteiger partial charge is 0.491 e. The first kappa shape index (κ1) is 14.6. The number of nitrogens with zero attached hydrogens (tertiary/aromatic N) is 2. The number of para-hydroxylation sites is 1. The van der Waals surface area contributed by atoms with Gasteiger partial charge in [0.1, 0.15) is 12.4 Å². The lowest BCUT2D eigenvalue weighted by molar-refractivity contribution is 0.272. The van der Waals surface area contributed by atoms with Gasteiger partial charge in [-0.2, -0.15) is 5.10 Å². The highest BCUT2D eigenvalue weighted by Crippen LogP contribution is 2.28. The van der Waals surface area contributed by atoms with Gasteiger partial charge in [0.15, 0.2) is 0 Å². The lowest BCUT2D eigenvalue weighted by Gasteiger charge is -2.16. The SMILES string of the molecule is CC(C)C[C@H](N)COc1ccccc1-c1ccn(C)n1. The molecule has 108 valence electrons. The van der Waals surface area contributed by atoms with Gasteiger partial charge < -0.3 is 10.5 Å². The van der Waals surface area contributed by atoms with Crippen LogP contribution in [-0.4, -0.2) is 22.4 Å². The van der Waals surface area contributed by atoms with Crippen molar-refractivity contribution in [2.24, 2.45) is 18.7 Å². The Morgan fingerprint density at radius 3 is 2.65 bits per heavy atom. The van der Waals surface area contributed by atoms with Crippen LogP contribution in [0.5, 0.6) is 5.75 Å². The van der Waals surface area contributed by atoms with Gasteiger partial charge in [-0.05, 0) is 30.5 Å². The van der Waals surface area contributed by atoms with Crippen LogP contribution in [-0.2, 0) is 7.05 Å². The molecular formula is C16H23N3O. The molecule has 0 aliphatic rings. The maximum Gasteiger partial charge on any atom is 0.128 e. The highest BCUT2D eigenvalue weighted by Gasteiger charge is 2.11. The molecule has 0 bridgehead atoms. The number of ether oxygens (including phenoxy) is 1. The van der Waals surface area contributed by atoms with E-state index in [1.165, 1.54) is 0 Å². The maximum absolute atomic E-state index is 6.07. The molecule has 1 aromatic heterocycles. The van der Waals surface area contributed by atoms with Crippen LogP contribution < -0.4 is 10.5 Å². The molecule has 1 aromatic carbocycles. The van der Waals surface area contributed by atoms with Crippen LogP contribution in [0.15, 0.2) is 36.5 Å². The molecule has 1 atom stereocenters. The second kappa shape index (κ2) is 6.57. The van der Waals surface area contributed by atoms with Crippen molar-refractivity contribution >= 4 is 0 Å². The van der Waals surface area contributed by atoms with E-state index in [1.807, 2.05) is 43.6 Å². The van der Waals surface area contributed by atoms with Crippen molar-refractivity contribution in [3.8, 4) is 17.0 Å². The quantitative estimate of drug-likeness (QED) is 0.880. The molecule has 2 rings (SSSR count). The van der Waals surface area contributed by atoms with Crippen LogP contribution in [0.3, 0.4) is 0 Å². The van der Waals surface area contributed by atoms with Gasteiger partial charge in [0.2, 0.25) is 0 Å². The number of rotatable bonds is 6. The summed E-state index contributed by atoms with van der Waals surface area (Å²) in [6.07, 6.45) is 2.89. The van der Waals surface area contributed by atoms with E-state index in [-0.39, 0.29) is 6.04 Å². The zero-order valence-electron chi connectivity index (χ0n) is 12.4. The zero-order valence-corrected chi connectivity index (χ0v) is 12.4. The van der Waals surface area contributed by atoms with Crippen LogP contribution in [0.4, 0.5) is 0 Å². The van der Waals surface area contributed by atoms with E-state index in [1.54, 1.807) is 4.68 Å². The predicted molar refractivity (Wildman–Crippen MR) is 81.6 cm³/mol. The summed E-state index contributed by atoms with van der Waals surface area (Å²) < 4.78 is 7.68. The highest BCUT2D eigenvalue weighted by molar-refractivity contribution is 5.66. The molecular weight excluding hydrogens is 250 g/mol. The minimum atomic E-state index is 0.0618. The Hall–Kier alpha value is -1.81. The molecule has 0 saturated carbocycles. The van der Waals surface area contributed by atoms with Crippen molar-refractivity contribution in [3.63, 3.8) is 0 Å². The molecule has 0 unspecified atom stereocenters. The Morgan fingerprint density at radius 1 is 1.25 bits per heavy atom. The van der Waals surface area contributed by atoms with Gasteiger partial charge in [-0.1, -0.05) is 26.0 Å². The summed E-state index contributed by atoms with van der Waals surface area (Å²) in [5.41, 5.74) is 7.99. The third-order valence-corrected chi connectivity index (χ3v) is 3.10. The van der Waals surface area contributed by atoms with E-state index < -0.39 is 0 Å². The molecule has 0 aliphatic heterocycles. The van der Waals surface area contributed by atoms with Gasteiger partial charge in [-0.15, -0.1) is 0 Å². The monoisotopic (exact) mass is 273 g/mol. The second-order valence-electron chi connectivity index (χ2n) is 5.57. The number of nitrogens with two attached hydrogens (primary N) is 1. The van der Waals surface area contributed by atoms with Gasteiger partial charge in [0.25, 0.3) is 0 Å². The van der Waals surface area contributed by atoms with Gasteiger partial charge in [-0.3, -0.25) is 4.68 Å². The smallest absolute Gasteiger partial charge is 0.128 e. The Morgan fingerprint density at radius 2 is 2.00 bits per heavy atom. The number of hydrogen-bond acceptors (Lipinski definition) is 3. The lowest BCUT2D eigenvalue weighted by Crippen LogP contribution is -2.29. The minimum Gasteiger partial charge on any atom is -0.491 e. The van der Waals surface area contributed by atoms with Crippen LogP contribution in [0.1, 0.15) is 20.3 Å². The van der Waals surface area contributed by atoms with Crippen molar-refractivity contribution in [2.75, 3.05) is 6.61 Å². The van der Waals surface area contributed by atoms with Crippen molar-refractivity contribution in [1.82, 2.24) is 9.78 Å². The van der Waals surface area contributed by atoms with Crippen molar-refractivity contribution < 1.29 is 4.74 Å². The van der Waals surface area contributed by atoms with E-state index >= 15 is 0 Å². The van der Waals surface area contributed by atoms with Crippen molar-refractivity contribution in [3.05, 3.63) is 36.5 Å². The van der Waals surface area contributed by atoms with E-state index in [0.717, 1.165) is 23.4 Å². The third kappa shape index (κ3) is 3.84. The molecule has 4 heteroatoms. The summed E-state index contributed by atoms with van der Waals surface area (Å²) in [6, 6.07) is 9.99. The topological polar surface area (TPSA) is 53.1 Å². The number of aromatic nitrogens is 2. The number of benzene rings is 1. The maximum atomic E-state index is 6.07. The normalized spacial score (nSPS) is 12.7. The molecule has 0 aliphatic carbocycles. The average Bonchev–Trinajstić information content (AvgIpc) is 2.82. The first-order chi connectivity index (χ1) is 9.56. The Bertz CT molecular complexity index is 548. The van der Waals surface area contributed by atoms with Gasteiger partial charge >= 0.3 is 0 Å². The first-order valence-corrected chi connectivity index (χ1v) is 7.03. The van der Waals surface area contributed by atoms with Crippen molar-refractivity contribution in [2.45, 2.75) is 26.3 Å². The number of hydrogen-bond donors (Lipinski definition) is 1. The van der Waals surface area contributed by atoms with Crippen LogP contribution in [0, 0.1) is 5.92 Å². The molecule has 4 nitrogen and oxygen atoms in total. The Balaban J connectivity index is 2.09. The zero-order chi connectivity index (χ0) is 14.5. The minimum absolute atomic E-state index is 0.0618. The van der Waals surface area contributed by atoms with E-state index in [2.05, 4.69) is 18.9 Å². The Kier molecular flexibility index (Phi) is 4.79. The fourth-order valence-electron chi connectivity index (χ4n) is 2.23. The molecule has 2 N–H and O–H groups in total. The van der Waals surface area contributed by atoms with E-state index in [9.17, 15) is 0 Å². The van der Waals surface area contributed by atoms with E-state index in [4.69, 9.17) is 10.5 Å². The molecule has 20 heavy (non-hydrogen) atoms. The molecule has 2 aromatic rings. The fourth-order valence-corrected chi connectivity index (χ4v) is 2.23. The van der Waals surface area contributed by atoms with Gasteiger partial charge in [-0.25, -0.2) is 0 Å². The number of aryl methyl sites for hydroxylation is 1. The van der Waals surface area contributed by atoms with E-state index in [0.29, 0.717) is 12.5 Å². The molecule has 0 saturated heterocycles. The van der Waals surface area contributed by atoms with Crippen LogP contribution in [0.25, 0.3) is 11.3 Å². The summed E-state index contributed by atoms with van der Waals surface area (Å²) in [7, 11) is 1.91. The molecule has 1 heterocycles.